The number of alkyl halides is 3. The normalized spacial score (nSPS) is 16.7. The molecule has 1 aromatic rings. The van der Waals surface area contributed by atoms with Crippen LogP contribution >= 0.6 is 0 Å². The summed E-state index contributed by atoms with van der Waals surface area (Å²) in [7, 11) is 0. The monoisotopic (exact) mass is 346 g/mol. The van der Waals surface area contributed by atoms with Crippen LogP contribution in [0.1, 0.15) is 38.2 Å². The quantitative estimate of drug-likeness (QED) is 0.820. The van der Waals surface area contributed by atoms with Gasteiger partial charge in [-0.05, 0) is 37.0 Å². The van der Waals surface area contributed by atoms with Gasteiger partial charge in [-0.15, -0.1) is 0 Å². The van der Waals surface area contributed by atoms with E-state index in [1.165, 1.54) is 6.92 Å². The van der Waals surface area contributed by atoms with Crippen LogP contribution in [0.25, 0.3) is 0 Å². The van der Waals surface area contributed by atoms with Crippen LogP contribution in [0, 0.1) is 11.7 Å². The first-order valence-corrected chi connectivity index (χ1v) is 7.63. The molecule has 0 saturated heterocycles. The molecular formula is C16H18F4N2O2. The van der Waals surface area contributed by atoms with E-state index in [9.17, 15) is 27.2 Å². The van der Waals surface area contributed by atoms with Gasteiger partial charge in [-0.3, -0.25) is 9.59 Å². The zero-order valence-corrected chi connectivity index (χ0v) is 13.0. The smallest absolute Gasteiger partial charge is 0.344 e. The Kier molecular flexibility index (Phi) is 5.46. The minimum absolute atomic E-state index is 0.0589. The van der Waals surface area contributed by atoms with E-state index < -0.39 is 35.4 Å². The number of amides is 2. The summed E-state index contributed by atoms with van der Waals surface area (Å²) in [5, 5.41) is 4.89. The van der Waals surface area contributed by atoms with Gasteiger partial charge in [0, 0.05) is 12.6 Å². The fourth-order valence-corrected chi connectivity index (χ4v) is 2.95. The van der Waals surface area contributed by atoms with Gasteiger partial charge < -0.3 is 10.6 Å². The SMILES string of the molecule is CC(=O)NC(C(=O)Nc1ccc(F)c(C(F)(F)F)c1)C1CCCC1. The van der Waals surface area contributed by atoms with Crippen molar-refractivity contribution in [3.8, 4) is 0 Å². The van der Waals surface area contributed by atoms with E-state index in [0.717, 1.165) is 31.7 Å². The maximum absolute atomic E-state index is 13.3. The largest absolute Gasteiger partial charge is 0.419 e. The lowest BCUT2D eigenvalue weighted by Gasteiger charge is -2.23. The molecule has 1 saturated carbocycles. The number of hydrogen-bond donors (Lipinski definition) is 2. The second kappa shape index (κ2) is 7.19. The van der Waals surface area contributed by atoms with Crippen LogP contribution in [0.15, 0.2) is 18.2 Å². The van der Waals surface area contributed by atoms with Gasteiger partial charge in [0.2, 0.25) is 11.8 Å². The zero-order chi connectivity index (χ0) is 17.9. The molecule has 1 aliphatic rings. The lowest BCUT2D eigenvalue weighted by molar-refractivity contribution is -0.140. The highest BCUT2D eigenvalue weighted by molar-refractivity contribution is 5.97. The van der Waals surface area contributed by atoms with Crippen molar-refractivity contribution in [2.24, 2.45) is 5.92 Å². The van der Waals surface area contributed by atoms with Crippen LogP contribution in [0.3, 0.4) is 0 Å². The van der Waals surface area contributed by atoms with Gasteiger partial charge in [-0.1, -0.05) is 12.8 Å². The summed E-state index contributed by atoms with van der Waals surface area (Å²) in [6, 6.07) is 1.44. The number of halogens is 4. The number of anilines is 1. The molecule has 0 heterocycles. The Morgan fingerprint density at radius 2 is 1.83 bits per heavy atom. The van der Waals surface area contributed by atoms with Gasteiger partial charge in [-0.2, -0.15) is 13.2 Å². The van der Waals surface area contributed by atoms with E-state index in [1.54, 1.807) is 0 Å². The van der Waals surface area contributed by atoms with Crippen LogP contribution < -0.4 is 10.6 Å². The van der Waals surface area contributed by atoms with E-state index in [0.29, 0.717) is 12.1 Å². The maximum atomic E-state index is 13.3. The van der Waals surface area contributed by atoms with E-state index >= 15 is 0 Å². The van der Waals surface area contributed by atoms with Crippen molar-refractivity contribution in [2.75, 3.05) is 5.32 Å². The predicted octanol–water partition coefficient (Wildman–Crippen LogP) is 3.48. The summed E-state index contributed by atoms with van der Waals surface area (Å²) in [4.78, 5) is 23.7. The molecule has 2 N–H and O–H groups in total. The number of nitrogens with one attached hydrogen (secondary N) is 2. The summed E-state index contributed by atoms with van der Waals surface area (Å²) >= 11 is 0. The zero-order valence-electron chi connectivity index (χ0n) is 13.0. The second-order valence-corrected chi connectivity index (χ2v) is 5.90. The van der Waals surface area contributed by atoms with Crippen molar-refractivity contribution in [1.29, 1.82) is 0 Å². The molecule has 132 valence electrons. The van der Waals surface area contributed by atoms with Crippen molar-refractivity contribution in [1.82, 2.24) is 5.32 Å². The maximum Gasteiger partial charge on any atom is 0.419 e. The van der Waals surface area contributed by atoms with Crippen LogP contribution in [0.2, 0.25) is 0 Å². The molecule has 0 spiro atoms. The van der Waals surface area contributed by atoms with Gasteiger partial charge in [0.25, 0.3) is 0 Å². The summed E-state index contributed by atoms with van der Waals surface area (Å²) in [5.74, 6) is -2.46. The van der Waals surface area contributed by atoms with Crippen LogP contribution in [0.4, 0.5) is 23.2 Å². The first kappa shape index (κ1) is 18.2. The Morgan fingerprint density at radius 3 is 2.38 bits per heavy atom. The van der Waals surface area contributed by atoms with Crippen molar-refractivity contribution in [2.45, 2.75) is 44.8 Å². The molecule has 1 atom stereocenters. The third kappa shape index (κ3) is 4.46. The highest BCUT2D eigenvalue weighted by Gasteiger charge is 2.35. The predicted molar refractivity (Wildman–Crippen MR) is 79.6 cm³/mol. The molecule has 8 heteroatoms. The third-order valence-electron chi connectivity index (χ3n) is 4.05. The number of hydrogen-bond acceptors (Lipinski definition) is 2. The van der Waals surface area contributed by atoms with Gasteiger partial charge in [0.05, 0.1) is 5.56 Å². The Balaban J connectivity index is 2.18. The molecule has 4 nitrogen and oxygen atoms in total. The van der Waals surface area contributed by atoms with Gasteiger partial charge in [0.15, 0.2) is 0 Å². The van der Waals surface area contributed by atoms with Gasteiger partial charge in [-0.25, -0.2) is 4.39 Å². The number of carbonyl (C=O) groups is 2. The molecule has 24 heavy (non-hydrogen) atoms. The number of carbonyl (C=O) groups excluding carboxylic acids is 2. The van der Waals surface area contributed by atoms with E-state index in [-0.39, 0.29) is 11.6 Å². The lowest BCUT2D eigenvalue weighted by Crippen LogP contribution is -2.47. The highest BCUT2D eigenvalue weighted by Crippen LogP contribution is 2.33. The van der Waals surface area contributed by atoms with E-state index in [4.69, 9.17) is 0 Å². The Bertz CT molecular complexity index is 625. The molecule has 1 aromatic carbocycles. The highest BCUT2D eigenvalue weighted by atomic mass is 19.4. The summed E-state index contributed by atoms with van der Waals surface area (Å²) in [6.45, 7) is 1.27. The van der Waals surface area contributed by atoms with Crippen molar-refractivity contribution < 1.29 is 27.2 Å². The van der Waals surface area contributed by atoms with Gasteiger partial charge >= 0.3 is 6.18 Å². The molecule has 0 bridgehead atoms. The van der Waals surface area contributed by atoms with Crippen LogP contribution in [-0.2, 0) is 15.8 Å². The van der Waals surface area contributed by atoms with Crippen molar-refractivity contribution in [3.63, 3.8) is 0 Å². The number of rotatable bonds is 4. The average Bonchev–Trinajstić information content (AvgIpc) is 2.99. The minimum atomic E-state index is -4.85. The molecule has 1 fully saturated rings. The van der Waals surface area contributed by atoms with Crippen molar-refractivity contribution in [3.05, 3.63) is 29.6 Å². The molecule has 1 aliphatic carbocycles. The molecule has 1 unspecified atom stereocenters. The van der Waals surface area contributed by atoms with Crippen LogP contribution in [0.5, 0.6) is 0 Å². The summed E-state index contributed by atoms with van der Waals surface area (Å²) in [6.07, 6.45) is -1.47. The first-order chi connectivity index (χ1) is 11.2. The number of benzene rings is 1. The fourth-order valence-electron chi connectivity index (χ4n) is 2.95. The van der Waals surface area contributed by atoms with Crippen molar-refractivity contribution >= 4 is 17.5 Å². The van der Waals surface area contributed by atoms with E-state index in [2.05, 4.69) is 10.6 Å². The summed E-state index contributed by atoms with van der Waals surface area (Å²) in [5.41, 5.74) is -1.61. The standard InChI is InChI=1S/C16H18F4N2O2/c1-9(23)21-14(10-4-2-3-5-10)15(24)22-11-6-7-13(17)12(8-11)16(18,19)20/h6-8,10,14H,2-5H2,1H3,(H,21,23)(H,22,24). The van der Waals surface area contributed by atoms with Gasteiger partial charge in [0.1, 0.15) is 11.9 Å². The molecule has 2 rings (SSSR count). The molecule has 2 amide bonds. The molecule has 0 radical (unpaired) electrons. The topological polar surface area (TPSA) is 58.2 Å². The molecule has 0 aliphatic heterocycles. The minimum Gasteiger partial charge on any atom is -0.344 e. The molecule has 0 aromatic heterocycles. The average molecular weight is 346 g/mol. The fraction of sp³-hybridized carbons (Fsp3) is 0.500. The first-order valence-electron chi connectivity index (χ1n) is 7.63. The lowest BCUT2D eigenvalue weighted by atomic mass is 9.97. The van der Waals surface area contributed by atoms with E-state index in [1.807, 2.05) is 0 Å². The summed E-state index contributed by atoms with van der Waals surface area (Å²) < 4.78 is 51.5. The third-order valence-corrected chi connectivity index (χ3v) is 4.05. The second-order valence-electron chi connectivity index (χ2n) is 5.90. The Morgan fingerprint density at radius 1 is 1.21 bits per heavy atom. The Labute approximate surface area is 136 Å². The van der Waals surface area contributed by atoms with Crippen LogP contribution in [-0.4, -0.2) is 17.9 Å². The molecular weight excluding hydrogens is 328 g/mol. The Hall–Kier alpha value is -2.12.